The maximum absolute atomic E-state index is 6.30. The summed E-state index contributed by atoms with van der Waals surface area (Å²) in [6, 6.07) is 10.9. The van der Waals surface area contributed by atoms with Gasteiger partial charge in [0, 0.05) is 18.8 Å². The number of nitrogens with zero attached hydrogens (tertiary/aromatic N) is 2. The van der Waals surface area contributed by atoms with Gasteiger partial charge in [0.15, 0.2) is 0 Å². The Labute approximate surface area is 131 Å². The highest BCUT2D eigenvalue weighted by atomic mass is 32.2. The topological polar surface area (TPSA) is 43.8 Å². The highest BCUT2D eigenvalue weighted by Gasteiger charge is 2.09. The monoisotopic (exact) mass is 303 g/mol. The van der Waals surface area contributed by atoms with Crippen molar-refractivity contribution < 1.29 is 0 Å². The third-order valence-electron chi connectivity index (χ3n) is 3.42. The van der Waals surface area contributed by atoms with Crippen molar-refractivity contribution in [3.05, 3.63) is 47.2 Å². The summed E-state index contributed by atoms with van der Waals surface area (Å²) in [5.74, 6) is 1.55. The van der Waals surface area contributed by atoms with Gasteiger partial charge in [-0.05, 0) is 36.5 Å². The molecule has 0 saturated heterocycles. The molecule has 3 nitrogen and oxygen atoms in total. The Hall–Kier alpha value is -1.26. The van der Waals surface area contributed by atoms with Gasteiger partial charge in [-0.3, -0.25) is 4.68 Å². The van der Waals surface area contributed by atoms with Crippen LogP contribution in [0, 0.1) is 12.8 Å². The van der Waals surface area contributed by atoms with Crippen LogP contribution in [-0.4, -0.2) is 15.5 Å². The molecular formula is C17H25N3S. The fourth-order valence-corrected chi connectivity index (χ4v) is 3.39. The molecule has 1 aromatic heterocycles. The molecule has 0 aliphatic rings. The Morgan fingerprint density at radius 1 is 1.24 bits per heavy atom. The first-order chi connectivity index (χ1) is 9.95. The molecule has 1 atom stereocenters. The molecule has 0 amide bonds. The minimum atomic E-state index is 0.0540. The van der Waals surface area contributed by atoms with Gasteiger partial charge in [0.05, 0.1) is 10.7 Å². The van der Waals surface area contributed by atoms with Gasteiger partial charge in [-0.2, -0.15) is 5.10 Å². The molecule has 0 fully saturated rings. The lowest BCUT2D eigenvalue weighted by atomic mass is 10.0. The average molecular weight is 303 g/mol. The number of hydrogen-bond donors (Lipinski definition) is 1. The van der Waals surface area contributed by atoms with Crippen molar-refractivity contribution in [2.45, 2.75) is 38.3 Å². The molecule has 4 heteroatoms. The van der Waals surface area contributed by atoms with E-state index in [9.17, 15) is 0 Å². The standard InChI is InChI=1S/C17H25N3S/c1-12(2)9-14-5-7-15(8-6-14)16(18)11-21-17-10-13(3)19-20(17)4/h5-8,10,12,16H,9,11,18H2,1-4H3. The lowest BCUT2D eigenvalue weighted by Crippen LogP contribution is -2.13. The van der Waals surface area contributed by atoms with E-state index in [1.165, 1.54) is 16.2 Å². The molecule has 2 rings (SSSR count). The summed E-state index contributed by atoms with van der Waals surface area (Å²) in [6.45, 7) is 6.50. The average Bonchev–Trinajstić information content (AvgIpc) is 2.74. The fraction of sp³-hybridized carbons (Fsp3) is 0.471. The first-order valence-corrected chi connectivity index (χ1v) is 8.42. The van der Waals surface area contributed by atoms with Gasteiger partial charge in [0.1, 0.15) is 0 Å². The van der Waals surface area contributed by atoms with Crippen molar-refractivity contribution in [3.63, 3.8) is 0 Å². The molecule has 114 valence electrons. The molecule has 2 aromatic rings. The predicted molar refractivity (Wildman–Crippen MR) is 90.6 cm³/mol. The van der Waals surface area contributed by atoms with E-state index in [0.717, 1.165) is 17.9 Å². The van der Waals surface area contributed by atoms with Gasteiger partial charge >= 0.3 is 0 Å². The van der Waals surface area contributed by atoms with Crippen LogP contribution in [0.15, 0.2) is 35.4 Å². The minimum absolute atomic E-state index is 0.0540. The van der Waals surface area contributed by atoms with E-state index in [1.807, 2.05) is 18.7 Å². The van der Waals surface area contributed by atoms with Crippen LogP contribution in [-0.2, 0) is 13.5 Å². The van der Waals surface area contributed by atoms with Crippen LogP contribution in [0.2, 0.25) is 0 Å². The van der Waals surface area contributed by atoms with Crippen LogP contribution in [0.4, 0.5) is 0 Å². The molecule has 2 N–H and O–H groups in total. The van der Waals surface area contributed by atoms with Gasteiger partial charge < -0.3 is 5.73 Å². The lowest BCUT2D eigenvalue weighted by molar-refractivity contribution is 0.647. The number of rotatable bonds is 6. The van der Waals surface area contributed by atoms with E-state index in [2.05, 4.69) is 49.3 Å². The van der Waals surface area contributed by atoms with Crippen molar-refractivity contribution in [2.75, 3.05) is 5.75 Å². The number of thioether (sulfide) groups is 1. The van der Waals surface area contributed by atoms with Crippen LogP contribution >= 0.6 is 11.8 Å². The Kier molecular flexibility index (Phi) is 5.48. The highest BCUT2D eigenvalue weighted by Crippen LogP contribution is 2.24. The summed E-state index contributed by atoms with van der Waals surface area (Å²) in [6.07, 6.45) is 1.12. The SMILES string of the molecule is Cc1cc(SCC(N)c2ccc(CC(C)C)cc2)n(C)n1. The molecule has 0 radical (unpaired) electrons. The summed E-state index contributed by atoms with van der Waals surface area (Å²) in [5, 5.41) is 5.52. The Bertz CT molecular complexity index is 572. The molecule has 0 aliphatic carbocycles. The molecule has 1 heterocycles. The molecular weight excluding hydrogens is 278 g/mol. The third kappa shape index (κ3) is 4.61. The minimum Gasteiger partial charge on any atom is -0.323 e. The van der Waals surface area contributed by atoms with E-state index in [4.69, 9.17) is 5.73 Å². The highest BCUT2D eigenvalue weighted by molar-refractivity contribution is 7.99. The molecule has 1 aromatic carbocycles. The Morgan fingerprint density at radius 2 is 1.90 bits per heavy atom. The van der Waals surface area contributed by atoms with Crippen LogP contribution < -0.4 is 5.73 Å². The van der Waals surface area contributed by atoms with Crippen LogP contribution in [0.5, 0.6) is 0 Å². The largest absolute Gasteiger partial charge is 0.323 e. The summed E-state index contributed by atoms with van der Waals surface area (Å²) in [7, 11) is 1.97. The molecule has 21 heavy (non-hydrogen) atoms. The first kappa shape index (κ1) is 16.1. The van der Waals surface area contributed by atoms with Crippen molar-refractivity contribution in [1.29, 1.82) is 0 Å². The van der Waals surface area contributed by atoms with E-state index in [1.54, 1.807) is 11.8 Å². The quantitative estimate of drug-likeness (QED) is 0.827. The van der Waals surface area contributed by atoms with E-state index < -0.39 is 0 Å². The zero-order valence-corrected chi connectivity index (χ0v) is 14.2. The third-order valence-corrected chi connectivity index (χ3v) is 4.63. The number of nitrogens with two attached hydrogens (primary N) is 1. The molecule has 1 unspecified atom stereocenters. The normalized spacial score (nSPS) is 12.9. The first-order valence-electron chi connectivity index (χ1n) is 7.43. The molecule has 0 saturated carbocycles. The summed E-state index contributed by atoms with van der Waals surface area (Å²) >= 11 is 1.76. The zero-order chi connectivity index (χ0) is 15.4. The van der Waals surface area contributed by atoms with E-state index >= 15 is 0 Å². The molecule has 0 spiro atoms. The zero-order valence-electron chi connectivity index (χ0n) is 13.3. The smallest absolute Gasteiger partial charge is 0.0939 e. The van der Waals surface area contributed by atoms with Gasteiger partial charge in [0.2, 0.25) is 0 Å². The Balaban J connectivity index is 1.93. The Morgan fingerprint density at radius 3 is 2.43 bits per heavy atom. The number of aromatic nitrogens is 2. The van der Waals surface area contributed by atoms with Gasteiger partial charge in [-0.15, -0.1) is 11.8 Å². The second kappa shape index (κ2) is 7.14. The van der Waals surface area contributed by atoms with Gasteiger partial charge in [-0.25, -0.2) is 0 Å². The number of aryl methyl sites for hydroxylation is 2. The van der Waals surface area contributed by atoms with Gasteiger partial charge in [0.25, 0.3) is 0 Å². The van der Waals surface area contributed by atoms with Gasteiger partial charge in [-0.1, -0.05) is 38.1 Å². The second-order valence-electron chi connectivity index (χ2n) is 6.00. The lowest BCUT2D eigenvalue weighted by Gasteiger charge is -2.13. The second-order valence-corrected chi connectivity index (χ2v) is 7.04. The van der Waals surface area contributed by atoms with Crippen LogP contribution in [0.1, 0.15) is 36.7 Å². The van der Waals surface area contributed by atoms with Crippen molar-refractivity contribution in [3.8, 4) is 0 Å². The summed E-state index contributed by atoms with van der Waals surface area (Å²) in [5.41, 5.74) is 9.94. The van der Waals surface area contributed by atoms with Crippen molar-refractivity contribution in [1.82, 2.24) is 9.78 Å². The molecule has 0 bridgehead atoms. The summed E-state index contributed by atoms with van der Waals surface area (Å²) < 4.78 is 1.92. The van der Waals surface area contributed by atoms with Crippen LogP contribution in [0.3, 0.4) is 0 Å². The van der Waals surface area contributed by atoms with Crippen LogP contribution in [0.25, 0.3) is 0 Å². The molecule has 0 aliphatic heterocycles. The maximum atomic E-state index is 6.30. The maximum Gasteiger partial charge on any atom is 0.0939 e. The predicted octanol–water partition coefficient (Wildman–Crippen LogP) is 3.72. The van der Waals surface area contributed by atoms with Crippen molar-refractivity contribution >= 4 is 11.8 Å². The summed E-state index contributed by atoms with van der Waals surface area (Å²) in [4.78, 5) is 0. The number of hydrogen-bond acceptors (Lipinski definition) is 3. The number of benzene rings is 1. The van der Waals surface area contributed by atoms with Crippen molar-refractivity contribution in [2.24, 2.45) is 18.7 Å². The van der Waals surface area contributed by atoms with E-state index in [0.29, 0.717) is 5.92 Å². The van der Waals surface area contributed by atoms with E-state index in [-0.39, 0.29) is 6.04 Å². The fourth-order valence-electron chi connectivity index (χ4n) is 2.37.